The van der Waals surface area contributed by atoms with E-state index in [2.05, 4.69) is 4.98 Å². The number of ether oxygens (including phenoxy) is 1. The summed E-state index contributed by atoms with van der Waals surface area (Å²) in [5.74, 6) is -0.644. The van der Waals surface area contributed by atoms with Gasteiger partial charge in [-0.05, 0) is 75.7 Å². The lowest BCUT2D eigenvalue weighted by Crippen LogP contribution is -2.39. The Kier molecular flexibility index (Phi) is 5.65. The molecule has 1 N–H and O–H groups in total. The monoisotopic (exact) mass is 434 g/mol. The van der Waals surface area contributed by atoms with Gasteiger partial charge < -0.3 is 9.72 Å². The highest BCUT2D eigenvalue weighted by atomic mass is 35.5. The number of halogens is 1. The summed E-state index contributed by atoms with van der Waals surface area (Å²) in [4.78, 5) is 15.6. The molecule has 0 atom stereocenters. The number of aromatic nitrogens is 1. The summed E-state index contributed by atoms with van der Waals surface area (Å²) in [7, 11) is -4.06. The van der Waals surface area contributed by atoms with Gasteiger partial charge in [0, 0.05) is 22.1 Å². The van der Waals surface area contributed by atoms with Gasteiger partial charge in [0.15, 0.2) is 0 Å². The van der Waals surface area contributed by atoms with Crippen molar-refractivity contribution in [3.63, 3.8) is 0 Å². The van der Waals surface area contributed by atoms with Gasteiger partial charge in [-0.2, -0.15) is 0 Å². The SMILES string of the molecule is Cc1cc(Cl)cc(S(=O)(=O)N(CC(=O)OC(C)(C)C)c2ccc3[nH]ccc3c2)c1. The summed E-state index contributed by atoms with van der Waals surface area (Å²) in [5, 5.41) is 1.14. The summed E-state index contributed by atoms with van der Waals surface area (Å²) >= 11 is 6.08. The Labute approximate surface area is 175 Å². The van der Waals surface area contributed by atoms with Crippen LogP contribution in [-0.4, -0.2) is 31.5 Å². The lowest BCUT2D eigenvalue weighted by atomic mass is 10.2. The molecule has 0 unspecified atom stereocenters. The number of aryl methyl sites for hydroxylation is 1. The Morgan fingerprint density at radius 3 is 2.52 bits per heavy atom. The molecule has 0 aliphatic rings. The van der Waals surface area contributed by atoms with Crippen molar-refractivity contribution in [2.24, 2.45) is 0 Å². The standard InChI is InChI=1S/C21H23ClN2O4S/c1-14-9-16(22)12-18(10-14)29(26,27)24(13-20(25)28-21(2,3)4)17-5-6-19-15(11-17)7-8-23-19/h5-12,23H,13H2,1-4H3. The molecule has 0 amide bonds. The Morgan fingerprint density at radius 1 is 1.14 bits per heavy atom. The molecule has 3 rings (SSSR count). The van der Waals surface area contributed by atoms with E-state index in [1.807, 2.05) is 6.07 Å². The first-order valence-electron chi connectivity index (χ1n) is 9.05. The number of carbonyl (C=O) groups excluding carboxylic acids is 1. The van der Waals surface area contributed by atoms with Gasteiger partial charge in [-0.1, -0.05) is 11.6 Å². The van der Waals surface area contributed by atoms with Gasteiger partial charge in [-0.25, -0.2) is 8.42 Å². The summed E-state index contributed by atoms with van der Waals surface area (Å²) < 4.78 is 33.3. The number of esters is 1. The summed E-state index contributed by atoms with van der Waals surface area (Å²) in [6.45, 7) is 6.50. The highest BCUT2D eigenvalue weighted by Gasteiger charge is 2.30. The predicted molar refractivity (Wildman–Crippen MR) is 115 cm³/mol. The van der Waals surface area contributed by atoms with E-state index >= 15 is 0 Å². The maximum absolute atomic E-state index is 13.5. The number of nitrogens with zero attached hydrogens (tertiary/aromatic N) is 1. The third kappa shape index (κ3) is 4.92. The van der Waals surface area contributed by atoms with Crippen LogP contribution in [0.5, 0.6) is 0 Å². The Hall–Kier alpha value is -2.51. The van der Waals surface area contributed by atoms with Gasteiger partial charge in [0.1, 0.15) is 12.1 Å². The van der Waals surface area contributed by atoms with E-state index in [0.717, 1.165) is 15.2 Å². The molecule has 0 bridgehead atoms. The average Bonchev–Trinajstić information content (AvgIpc) is 3.04. The summed E-state index contributed by atoms with van der Waals surface area (Å²) in [6, 6.07) is 11.5. The van der Waals surface area contributed by atoms with Crippen LogP contribution in [-0.2, 0) is 19.6 Å². The molecule has 154 valence electrons. The minimum absolute atomic E-state index is 0.0141. The van der Waals surface area contributed by atoms with Crippen molar-refractivity contribution in [1.82, 2.24) is 4.98 Å². The maximum Gasteiger partial charge on any atom is 0.327 e. The number of hydrogen-bond donors (Lipinski definition) is 1. The van der Waals surface area contributed by atoms with E-state index in [9.17, 15) is 13.2 Å². The van der Waals surface area contributed by atoms with E-state index in [0.29, 0.717) is 16.3 Å². The van der Waals surface area contributed by atoms with Gasteiger partial charge in [-0.15, -0.1) is 0 Å². The van der Waals surface area contributed by atoms with Gasteiger partial charge in [0.25, 0.3) is 10.0 Å². The van der Waals surface area contributed by atoms with Crippen LogP contribution in [0.3, 0.4) is 0 Å². The molecule has 6 nitrogen and oxygen atoms in total. The van der Waals surface area contributed by atoms with Crippen LogP contribution in [0.25, 0.3) is 10.9 Å². The molecule has 0 saturated heterocycles. The largest absolute Gasteiger partial charge is 0.459 e. The topological polar surface area (TPSA) is 79.5 Å². The van der Waals surface area contributed by atoms with Crippen molar-refractivity contribution in [1.29, 1.82) is 0 Å². The van der Waals surface area contributed by atoms with Crippen molar-refractivity contribution in [2.45, 2.75) is 38.2 Å². The first-order valence-corrected chi connectivity index (χ1v) is 10.9. The predicted octanol–water partition coefficient (Wildman–Crippen LogP) is 4.67. The van der Waals surface area contributed by atoms with Crippen molar-refractivity contribution in [2.75, 3.05) is 10.8 Å². The molecule has 8 heteroatoms. The zero-order valence-electron chi connectivity index (χ0n) is 16.7. The number of nitrogens with one attached hydrogen (secondary N) is 1. The van der Waals surface area contributed by atoms with Gasteiger partial charge in [0.2, 0.25) is 0 Å². The van der Waals surface area contributed by atoms with Crippen LogP contribution in [0, 0.1) is 6.92 Å². The number of benzene rings is 2. The van der Waals surface area contributed by atoms with Crippen LogP contribution < -0.4 is 4.31 Å². The molecule has 0 aliphatic carbocycles. The minimum atomic E-state index is -4.06. The highest BCUT2D eigenvalue weighted by molar-refractivity contribution is 7.92. The second kappa shape index (κ2) is 7.72. The first-order chi connectivity index (χ1) is 13.5. The second-order valence-electron chi connectivity index (χ2n) is 7.81. The fraction of sp³-hybridized carbons (Fsp3) is 0.286. The zero-order valence-corrected chi connectivity index (χ0v) is 18.3. The number of rotatable bonds is 5. The highest BCUT2D eigenvalue weighted by Crippen LogP contribution is 2.29. The smallest absolute Gasteiger partial charge is 0.327 e. The summed E-state index contributed by atoms with van der Waals surface area (Å²) in [5.41, 5.74) is 1.20. The van der Waals surface area contributed by atoms with Crippen molar-refractivity contribution in [3.8, 4) is 0 Å². The van der Waals surface area contributed by atoms with Crippen molar-refractivity contribution in [3.05, 3.63) is 59.2 Å². The number of anilines is 1. The summed E-state index contributed by atoms with van der Waals surface area (Å²) in [6.07, 6.45) is 1.77. The molecule has 0 radical (unpaired) electrons. The van der Waals surface area contributed by atoms with Gasteiger partial charge >= 0.3 is 5.97 Å². The fourth-order valence-corrected chi connectivity index (χ4v) is 4.87. The molecule has 3 aromatic rings. The van der Waals surface area contributed by atoms with E-state index in [1.165, 1.54) is 12.1 Å². The fourth-order valence-electron chi connectivity index (χ4n) is 2.98. The van der Waals surface area contributed by atoms with E-state index < -0.39 is 28.1 Å². The van der Waals surface area contributed by atoms with Gasteiger partial charge in [-0.3, -0.25) is 9.10 Å². The third-order valence-electron chi connectivity index (χ3n) is 4.12. The lowest BCUT2D eigenvalue weighted by molar-refractivity contribution is -0.152. The number of carbonyl (C=O) groups is 1. The molecule has 1 heterocycles. The molecular weight excluding hydrogens is 412 g/mol. The van der Waals surface area contributed by atoms with E-state index in [1.54, 1.807) is 58.2 Å². The molecule has 1 aromatic heterocycles. The number of aromatic amines is 1. The third-order valence-corrected chi connectivity index (χ3v) is 6.09. The molecule has 2 aromatic carbocycles. The Balaban J connectivity index is 2.09. The van der Waals surface area contributed by atoms with Crippen molar-refractivity contribution < 1.29 is 17.9 Å². The number of H-pyrrole nitrogens is 1. The minimum Gasteiger partial charge on any atom is -0.459 e. The average molecular weight is 435 g/mol. The van der Waals surface area contributed by atoms with Crippen molar-refractivity contribution >= 4 is 44.2 Å². The number of fused-ring (bicyclic) bond motifs is 1. The zero-order chi connectivity index (χ0) is 21.4. The van der Waals surface area contributed by atoms with Gasteiger partial charge in [0.05, 0.1) is 10.6 Å². The van der Waals surface area contributed by atoms with Crippen LogP contribution in [0.15, 0.2) is 53.6 Å². The molecule has 0 spiro atoms. The normalized spacial score (nSPS) is 12.2. The second-order valence-corrected chi connectivity index (χ2v) is 10.1. The maximum atomic E-state index is 13.5. The van der Waals surface area contributed by atoms with Crippen LogP contribution >= 0.6 is 11.6 Å². The number of hydrogen-bond acceptors (Lipinski definition) is 4. The van der Waals surface area contributed by atoms with Crippen LogP contribution in [0.4, 0.5) is 5.69 Å². The Bertz CT molecular complexity index is 1140. The number of sulfonamides is 1. The molecule has 0 fully saturated rings. The Morgan fingerprint density at radius 2 is 1.86 bits per heavy atom. The quantitative estimate of drug-likeness (QED) is 0.592. The van der Waals surface area contributed by atoms with Crippen LogP contribution in [0.1, 0.15) is 26.3 Å². The van der Waals surface area contributed by atoms with Crippen LogP contribution in [0.2, 0.25) is 5.02 Å². The lowest BCUT2D eigenvalue weighted by Gasteiger charge is -2.26. The van der Waals surface area contributed by atoms with E-state index in [-0.39, 0.29) is 4.90 Å². The molecule has 0 aliphatic heterocycles. The van der Waals surface area contributed by atoms with E-state index in [4.69, 9.17) is 16.3 Å². The first kappa shape index (κ1) is 21.2. The molecule has 0 saturated carbocycles. The molecule has 29 heavy (non-hydrogen) atoms. The molecular formula is C21H23ClN2O4S.